The van der Waals surface area contributed by atoms with E-state index in [-0.39, 0.29) is 12.5 Å². The predicted octanol–water partition coefficient (Wildman–Crippen LogP) is 3.71. The van der Waals surface area contributed by atoms with E-state index < -0.39 is 0 Å². The van der Waals surface area contributed by atoms with Crippen LogP contribution in [0.3, 0.4) is 0 Å². The zero-order valence-corrected chi connectivity index (χ0v) is 16.8. The highest BCUT2D eigenvalue weighted by Crippen LogP contribution is 2.27. The summed E-state index contributed by atoms with van der Waals surface area (Å²) in [6, 6.07) is 15.7. The summed E-state index contributed by atoms with van der Waals surface area (Å²) in [6.07, 6.45) is 0. The van der Waals surface area contributed by atoms with Gasteiger partial charge >= 0.3 is 0 Å². The summed E-state index contributed by atoms with van der Waals surface area (Å²) < 4.78 is 11.3. The largest absolute Gasteiger partial charge is 0.481 e. The fourth-order valence-electron chi connectivity index (χ4n) is 3.41. The molecule has 1 saturated heterocycles. The van der Waals surface area contributed by atoms with E-state index in [0.717, 1.165) is 46.6 Å². The highest BCUT2D eigenvalue weighted by molar-refractivity contribution is 5.93. The van der Waals surface area contributed by atoms with Crippen LogP contribution < -0.4 is 15.0 Å². The molecule has 3 aromatic rings. The minimum absolute atomic E-state index is 0.0735. The number of anilines is 2. The van der Waals surface area contributed by atoms with Crippen LogP contribution in [0.2, 0.25) is 0 Å². The van der Waals surface area contributed by atoms with Crippen LogP contribution in [0.25, 0.3) is 10.9 Å². The van der Waals surface area contributed by atoms with Crippen LogP contribution in [0, 0.1) is 13.8 Å². The molecule has 0 aliphatic carbocycles. The van der Waals surface area contributed by atoms with Crippen molar-refractivity contribution in [3.05, 3.63) is 59.7 Å². The lowest BCUT2D eigenvalue weighted by molar-refractivity contribution is -0.118. The molecule has 6 nitrogen and oxygen atoms in total. The standard InChI is InChI=1S/C23H25N3O3/c1-16-5-3-7-19(17(16)2)24-22(27)15-29-20-8-4-6-18-9-10-21(25-23(18)20)26-11-13-28-14-12-26/h3-10H,11-15H2,1-2H3,(H,24,27). The van der Waals surface area contributed by atoms with Crippen molar-refractivity contribution in [1.82, 2.24) is 4.98 Å². The first-order valence-corrected chi connectivity index (χ1v) is 9.83. The van der Waals surface area contributed by atoms with Gasteiger partial charge in [0.1, 0.15) is 17.1 Å². The highest BCUT2D eigenvalue weighted by atomic mass is 16.5. The van der Waals surface area contributed by atoms with Gasteiger partial charge in [-0.3, -0.25) is 4.79 Å². The summed E-state index contributed by atoms with van der Waals surface area (Å²) in [4.78, 5) is 19.4. The van der Waals surface area contributed by atoms with Crippen LogP contribution >= 0.6 is 0 Å². The van der Waals surface area contributed by atoms with Gasteiger partial charge < -0.3 is 19.7 Å². The zero-order valence-electron chi connectivity index (χ0n) is 16.8. The van der Waals surface area contributed by atoms with Crippen LogP contribution in [0.15, 0.2) is 48.5 Å². The van der Waals surface area contributed by atoms with E-state index in [9.17, 15) is 4.79 Å². The zero-order chi connectivity index (χ0) is 20.2. The number of nitrogens with zero attached hydrogens (tertiary/aromatic N) is 2. The summed E-state index contributed by atoms with van der Waals surface area (Å²) in [5, 5.41) is 3.91. The first-order valence-electron chi connectivity index (χ1n) is 9.83. The molecule has 0 radical (unpaired) electrons. The number of hydrogen-bond donors (Lipinski definition) is 1. The van der Waals surface area contributed by atoms with Gasteiger partial charge in [0.2, 0.25) is 0 Å². The lowest BCUT2D eigenvalue weighted by Crippen LogP contribution is -2.36. The first kappa shape index (κ1) is 19.2. The fourth-order valence-corrected chi connectivity index (χ4v) is 3.41. The lowest BCUT2D eigenvalue weighted by atomic mass is 10.1. The number of benzene rings is 2. The molecule has 150 valence electrons. The molecule has 29 heavy (non-hydrogen) atoms. The van der Waals surface area contributed by atoms with E-state index in [1.807, 2.05) is 62.4 Å². The molecule has 0 atom stereocenters. The van der Waals surface area contributed by atoms with E-state index in [4.69, 9.17) is 14.5 Å². The number of aryl methyl sites for hydroxylation is 1. The average Bonchev–Trinajstić information content (AvgIpc) is 2.76. The molecule has 2 heterocycles. The number of para-hydroxylation sites is 1. The van der Waals surface area contributed by atoms with Gasteiger partial charge in [-0.2, -0.15) is 0 Å². The molecule has 1 fully saturated rings. The molecular weight excluding hydrogens is 366 g/mol. The Morgan fingerprint density at radius 2 is 1.90 bits per heavy atom. The average molecular weight is 391 g/mol. The van der Waals surface area contributed by atoms with Gasteiger partial charge in [0.05, 0.1) is 13.2 Å². The van der Waals surface area contributed by atoms with Crippen molar-refractivity contribution in [2.24, 2.45) is 0 Å². The van der Waals surface area contributed by atoms with Crippen molar-refractivity contribution in [1.29, 1.82) is 0 Å². The smallest absolute Gasteiger partial charge is 0.262 e. The number of hydrogen-bond acceptors (Lipinski definition) is 5. The molecule has 1 amide bonds. The molecule has 0 bridgehead atoms. The van der Waals surface area contributed by atoms with Gasteiger partial charge in [0.15, 0.2) is 6.61 Å². The van der Waals surface area contributed by atoms with Crippen molar-refractivity contribution < 1.29 is 14.3 Å². The summed E-state index contributed by atoms with van der Waals surface area (Å²) in [5.74, 6) is 1.31. The second-order valence-electron chi connectivity index (χ2n) is 7.18. The van der Waals surface area contributed by atoms with Gasteiger partial charge in [0.25, 0.3) is 5.91 Å². The third-order valence-corrected chi connectivity index (χ3v) is 5.24. The van der Waals surface area contributed by atoms with Crippen molar-refractivity contribution >= 4 is 28.3 Å². The van der Waals surface area contributed by atoms with Crippen molar-refractivity contribution in [3.8, 4) is 5.75 Å². The molecule has 0 unspecified atom stereocenters. The van der Waals surface area contributed by atoms with Crippen molar-refractivity contribution in [2.75, 3.05) is 43.1 Å². The SMILES string of the molecule is Cc1cccc(NC(=O)COc2cccc3ccc(N4CCOCC4)nc23)c1C. The Labute approximate surface area is 170 Å². The molecule has 0 saturated carbocycles. The Morgan fingerprint density at radius 3 is 2.72 bits per heavy atom. The summed E-state index contributed by atoms with van der Waals surface area (Å²) >= 11 is 0. The first-order chi connectivity index (χ1) is 14.1. The number of fused-ring (bicyclic) bond motifs is 1. The molecular formula is C23H25N3O3. The van der Waals surface area contributed by atoms with Gasteiger partial charge in [0, 0.05) is 24.2 Å². The molecule has 4 rings (SSSR count). The number of pyridine rings is 1. The Hall–Kier alpha value is -3.12. The van der Waals surface area contributed by atoms with Crippen LogP contribution in [-0.4, -0.2) is 43.8 Å². The van der Waals surface area contributed by atoms with E-state index in [1.54, 1.807) is 0 Å². The number of carbonyl (C=O) groups is 1. The van der Waals surface area contributed by atoms with E-state index >= 15 is 0 Å². The van der Waals surface area contributed by atoms with E-state index in [2.05, 4.69) is 10.2 Å². The van der Waals surface area contributed by atoms with Crippen LogP contribution in [0.4, 0.5) is 11.5 Å². The fraction of sp³-hybridized carbons (Fsp3) is 0.304. The second kappa shape index (κ2) is 8.49. The lowest BCUT2D eigenvalue weighted by Gasteiger charge is -2.28. The number of amides is 1. The number of rotatable bonds is 5. The Balaban J connectivity index is 1.49. The van der Waals surface area contributed by atoms with E-state index in [1.165, 1.54) is 0 Å². The maximum Gasteiger partial charge on any atom is 0.262 e. The number of nitrogens with one attached hydrogen (secondary N) is 1. The third kappa shape index (κ3) is 4.32. The number of carbonyl (C=O) groups excluding carboxylic acids is 1. The van der Waals surface area contributed by atoms with E-state index in [0.29, 0.717) is 19.0 Å². The minimum Gasteiger partial charge on any atom is -0.481 e. The Morgan fingerprint density at radius 1 is 1.10 bits per heavy atom. The Bertz CT molecular complexity index is 1030. The third-order valence-electron chi connectivity index (χ3n) is 5.24. The molecule has 0 spiro atoms. The summed E-state index contributed by atoms with van der Waals surface area (Å²) in [7, 11) is 0. The van der Waals surface area contributed by atoms with Crippen LogP contribution in [-0.2, 0) is 9.53 Å². The van der Waals surface area contributed by atoms with Gasteiger partial charge in [-0.05, 0) is 49.2 Å². The predicted molar refractivity (Wildman–Crippen MR) is 115 cm³/mol. The van der Waals surface area contributed by atoms with Gasteiger partial charge in [-0.15, -0.1) is 0 Å². The molecule has 6 heteroatoms. The van der Waals surface area contributed by atoms with Crippen LogP contribution in [0.1, 0.15) is 11.1 Å². The van der Waals surface area contributed by atoms with Crippen molar-refractivity contribution in [3.63, 3.8) is 0 Å². The quantitative estimate of drug-likeness (QED) is 0.718. The highest BCUT2D eigenvalue weighted by Gasteiger charge is 2.15. The molecule has 2 aromatic carbocycles. The summed E-state index contributed by atoms with van der Waals surface area (Å²) in [5.41, 5.74) is 3.76. The van der Waals surface area contributed by atoms with Crippen LogP contribution in [0.5, 0.6) is 5.75 Å². The maximum absolute atomic E-state index is 12.4. The second-order valence-corrected chi connectivity index (χ2v) is 7.18. The monoisotopic (exact) mass is 391 g/mol. The maximum atomic E-state index is 12.4. The Kier molecular flexibility index (Phi) is 5.62. The number of ether oxygens (including phenoxy) is 2. The molecule has 1 aliphatic rings. The normalized spacial score (nSPS) is 14.1. The summed E-state index contributed by atoms with van der Waals surface area (Å²) in [6.45, 7) is 6.99. The topological polar surface area (TPSA) is 63.7 Å². The molecule has 1 N–H and O–H groups in total. The number of aromatic nitrogens is 1. The number of morpholine rings is 1. The van der Waals surface area contributed by atoms with Gasteiger partial charge in [-0.1, -0.05) is 24.3 Å². The minimum atomic E-state index is -0.194. The van der Waals surface area contributed by atoms with Gasteiger partial charge in [-0.25, -0.2) is 4.98 Å². The molecule has 1 aliphatic heterocycles. The molecule has 1 aromatic heterocycles. The van der Waals surface area contributed by atoms with Crippen molar-refractivity contribution in [2.45, 2.75) is 13.8 Å².